The van der Waals surface area contributed by atoms with E-state index >= 15 is 0 Å². The SMILES string of the molecule is C/C(O)=C(\C(C)=C(/C)Br)[N+](=O)[O-]. The van der Waals surface area contributed by atoms with E-state index in [1.807, 2.05) is 0 Å². The molecule has 4 nitrogen and oxygen atoms in total. The van der Waals surface area contributed by atoms with Crippen molar-refractivity contribution in [3.63, 3.8) is 0 Å². The van der Waals surface area contributed by atoms with Crippen LogP contribution in [0.3, 0.4) is 0 Å². The summed E-state index contributed by atoms with van der Waals surface area (Å²) < 4.78 is 0.641. The average Bonchev–Trinajstić information content (AvgIpc) is 1.85. The molecule has 0 fully saturated rings. The molecule has 0 aliphatic rings. The van der Waals surface area contributed by atoms with E-state index in [0.717, 1.165) is 0 Å². The minimum Gasteiger partial charge on any atom is -0.506 e. The van der Waals surface area contributed by atoms with Crippen LogP contribution in [0.4, 0.5) is 0 Å². The number of nitro groups is 1. The number of aliphatic hydroxyl groups is 1. The summed E-state index contributed by atoms with van der Waals surface area (Å²) >= 11 is 3.11. The smallest absolute Gasteiger partial charge is 0.309 e. The molecule has 0 spiro atoms. The normalized spacial score (nSPS) is 15.0. The maximum Gasteiger partial charge on any atom is 0.309 e. The zero-order valence-corrected chi connectivity index (χ0v) is 8.67. The number of aliphatic hydroxyl groups excluding tert-OH is 1. The Balaban J connectivity index is 5.21. The average molecular weight is 236 g/mol. The van der Waals surface area contributed by atoms with E-state index in [1.54, 1.807) is 13.8 Å². The van der Waals surface area contributed by atoms with Gasteiger partial charge in [-0.1, -0.05) is 15.9 Å². The van der Waals surface area contributed by atoms with Gasteiger partial charge in [0.1, 0.15) is 0 Å². The summed E-state index contributed by atoms with van der Waals surface area (Å²) in [5.74, 6) is -0.281. The van der Waals surface area contributed by atoms with E-state index in [-0.39, 0.29) is 11.5 Å². The first kappa shape index (κ1) is 11.2. The third-order valence-corrected chi connectivity index (χ3v) is 1.99. The lowest BCUT2D eigenvalue weighted by Crippen LogP contribution is -2.03. The molecule has 0 amide bonds. The van der Waals surface area contributed by atoms with Gasteiger partial charge in [0.2, 0.25) is 0 Å². The van der Waals surface area contributed by atoms with Gasteiger partial charge in [-0.25, -0.2) is 0 Å². The highest BCUT2D eigenvalue weighted by molar-refractivity contribution is 9.11. The Labute approximate surface area is 78.9 Å². The second-order valence-electron chi connectivity index (χ2n) is 2.35. The number of allylic oxidation sites excluding steroid dienone is 3. The molecule has 0 aliphatic heterocycles. The molecule has 1 N–H and O–H groups in total. The lowest BCUT2D eigenvalue weighted by molar-refractivity contribution is -0.423. The van der Waals surface area contributed by atoms with Crippen LogP contribution in [0.15, 0.2) is 21.5 Å². The Bertz CT molecular complexity index is 260. The number of rotatable bonds is 2. The highest BCUT2D eigenvalue weighted by atomic mass is 79.9. The first-order valence-corrected chi connectivity index (χ1v) is 4.04. The molecule has 0 saturated carbocycles. The van der Waals surface area contributed by atoms with Gasteiger partial charge < -0.3 is 5.11 Å². The highest BCUT2D eigenvalue weighted by Crippen LogP contribution is 2.20. The standard InChI is InChI=1S/C7H10BrNO3/c1-4(5(2)8)7(6(3)10)9(11)12/h10H,1-3H3/b5-4+,7-6-. The van der Waals surface area contributed by atoms with Crippen molar-refractivity contribution < 1.29 is 10.0 Å². The molecule has 0 aliphatic carbocycles. The third-order valence-electron chi connectivity index (χ3n) is 1.40. The van der Waals surface area contributed by atoms with Crippen LogP contribution in [0.1, 0.15) is 20.8 Å². The van der Waals surface area contributed by atoms with Crippen LogP contribution in [0.5, 0.6) is 0 Å². The van der Waals surface area contributed by atoms with Gasteiger partial charge in [-0.2, -0.15) is 0 Å². The van der Waals surface area contributed by atoms with Gasteiger partial charge in [0.05, 0.1) is 4.92 Å². The summed E-state index contributed by atoms with van der Waals surface area (Å²) in [6, 6.07) is 0. The Hall–Kier alpha value is -0.840. The van der Waals surface area contributed by atoms with Crippen molar-refractivity contribution in [3.05, 3.63) is 31.6 Å². The van der Waals surface area contributed by atoms with E-state index in [4.69, 9.17) is 5.11 Å². The number of hydrogen-bond donors (Lipinski definition) is 1. The summed E-state index contributed by atoms with van der Waals surface area (Å²) in [5.41, 5.74) is 0.185. The molecule has 0 aromatic rings. The predicted molar refractivity (Wildman–Crippen MR) is 49.6 cm³/mol. The Morgan fingerprint density at radius 3 is 1.92 bits per heavy atom. The molecule has 0 saturated heterocycles. The van der Waals surface area contributed by atoms with Crippen molar-refractivity contribution in [2.45, 2.75) is 20.8 Å². The topological polar surface area (TPSA) is 63.4 Å². The molecule has 12 heavy (non-hydrogen) atoms. The summed E-state index contributed by atoms with van der Waals surface area (Å²) in [6.45, 7) is 4.54. The predicted octanol–water partition coefficient (Wildman–Crippen LogP) is 2.74. The van der Waals surface area contributed by atoms with Crippen LogP contribution in [-0.4, -0.2) is 10.0 Å². The molecule has 0 heterocycles. The minimum absolute atomic E-state index is 0.246. The lowest BCUT2D eigenvalue weighted by Gasteiger charge is -2.00. The van der Waals surface area contributed by atoms with E-state index in [2.05, 4.69) is 15.9 Å². The van der Waals surface area contributed by atoms with E-state index in [9.17, 15) is 10.1 Å². The van der Waals surface area contributed by atoms with Crippen LogP contribution >= 0.6 is 15.9 Å². The maximum atomic E-state index is 10.4. The zero-order valence-electron chi connectivity index (χ0n) is 7.09. The molecule has 5 heteroatoms. The number of nitrogens with zero attached hydrogens (tertiary/aromatic N) is 1. The second-order valence-corrected chi connectivity index (χ2v) is 3.54. The minimum atomic E-state index is -0.602. The highest BCUT2D eigenvalue weighted by Gasteiger charge is 2.18. The number of hydrogen-bond acceptors (Lipinski definition) is 3. The van der Waals surface area contributed by atoms with E-state index in [0.29, 0.717) is 10.1 Å². The van der Waals surface area contributed by atoms with Gasteiger partial charge in [0, 0.05) is 17.0 Å². The van der Waals surface area contributed by atoms with Crippen molar-refractivity contribution in [1.29, 1.82) is 0 Å². The van der Waals surface area contributed by atoms with Gasteiger partial charge in [-0.3, -0.25) is 10.1 Å². The summed E-state index contributed by atoms with van der Waals surface area (Å²) in [7, 11) is 0. The molecular weight excluding hydrogens is 226 g/mol. The molecule has 68 valence electrons. The first-order valence-electron chi connectivity index (χ1n) is 3.25. The van der Waals surface area contributed by atoms with E-state index in [1.165, 1.54) is 6.92 Å². The lowest BCUT2D eigenvalue weighted by atomic mass is 10.2. The van der Waals surface area contributed by atoms with Gasteiger partial charge in [0.15, 0.2) is 5.76 Å². The van der Waals surface area contributed by atoms with Gasteiger partial charge in [-0.05, 0) is 13.8 Å². The van der Waals surface area contributed by atoms with Crippen molar-refractivity contribution in [2.75, 3.05) is 0 Å². The largest absolute Gasteiger partial charge is 0.506 e. The van der Waals surface area contributed by atoms with Crippen molar-refractivity contribution in [3.8, 4) is 0 Å². The molecule has 0 unspecified atom stereocenters. The molecule has 0 aromatic carbocycles. The summed E-state index contributed by atoms with van der Waals surface area (Å²) in [6.07, 6.45) is 0. The van der Waals surface area contributed by atoms with Crippen LogP contribution in [0, 0.1) is 10.1 Å². The Kier molecular flexibility index (Phi) is 3.95. The first-order chi connectivity index (χ1) is 5.37. The molecule has 0 atom stereocenters. The van der Waals surface area contributed by atoms with Crippen molar-refractivity contribution >= 4 is 15.9 Å². The van der Waals surface area contributed by atoms with Gasteiger partial charge in [-0.15, -0.1) is 0 Å². The molecule has 0 aromatic heterocycles. The van der Waals surface area contributed by atoms with Crippen LogP contribution < -0.4 is 0 Å². The third kappa shape index (κ3) is 2.65. The van der Waals surface area contributed by atoms with E-state index < -0.39 is 4.92 Å². The maximum absolute atomic E-state index is 10.4. The second kappa shape index (κ2) is 4.25. The van der Waals surface area contributed by atoms with Crippen LogP contribution in [0.2, 0.25) is 0 Å². The fourth-order valence-electron chi connectivity index (χ4n) is 0.704. The fraction of sp³-hybridized carbons (Fsp3) is 0.429. The zero-order chi connectivity index (χ0) is 9.89. The quantitative estimate of drug-likeness (QED) is 0.347. The molecule has 0 radical (unpaired) electrons. The van der Waals surface area contributed by atoms with Crippen molar-refractivity contribution in [2.24, 2.45) is 0 Å². The van der Waals surface area contributed by atoms with Gasteiger partial charge in [0.25, 0.3) is 0 Å². The Morgan fingerprint density at radius 1 is 1.42 bits per heavy atom. The molecule has 0 bridgehead atoms. The molecule has 0 rings (SSSR count). The van der Waals surface area contributed by atoms with Crippen molar-refractivity contribution in [1.82, 2.24) is 0 Å². The monoisotopic (exact) mass is 235 g/mol. The number of halogens is 1. The molecular formula is C7H10BrNO3. The van der Waals surface area contributed by atoms with Gasteiger partial charge >= 0.3 is 5.70 Å². The van der Waals surface area contributed by atoms with Crippen LogP contribution in [-0.2, 0) is 0 Å². The summed E-state index contributed by atoms with van der Waals surface area (Å²) in [5, 5.41) is 19.4. The fourth-order valence-corrected chi connectivity index (χ4v) is 0.891. The Morgan fingerprint density at radius 2 is 1.83 bits per heavy atom. The summed E-state index contributed by atoms with van der Waals surface area (Å²) in [4.78, 5) is 9.82. The van der Waals surface area contributed by atoms with Crippen LogP contribution in [0.25, 0.3) is 0 Å².